The fraction of sp³-hybridized carbons (Fsp3) is 0.615. The fourth-order valence-corrected chi connectivity index (χ4v) is 2.14. The summed E-state index contributed by atoms with van der Waals surface area (Å²) in [5.41, 5.74) is 7.27. The molecule has 1 saturated heterocycles. The number of nitrogens with zero attached hydrogens (tertiary/aromatic N) is 2. The van der Waals surface area contributed by atoms with Gasteiger partial charge in [-0.2, -0.15) is 0 Å². The van der Waals surface area contributed by atoms with E-state index in [1.54, 1.807) is 0 Å². The van der Waals surface area contributed by atoms with E-state index in [1.807, 2.05) is 6.20 Å². The first-order valence-corrected chi connectivity index (χ1v) is 6.13. The molecule has 1 aliphatic heterocycles. The first kappa shape index (κ1) is 11.4. The van der Waals surface area contributed by atoms with Gasteiger partial charge >= 0.3 is 0 Å². The first-order chi connectivity index (χ1) is 7.66. The number of pyridine rings is 1. The van der Waals surface area contributed by atoms with E-state index >= 15 is 0 Å². The smallest absolute Gasteiger partial charge is 0.128 e. The molecule has 0 bridgehead atoms. The molecule has 3 nitrogen and oxygen atoms in total. The van der Waals surface area contributed by atoms with E-state index < -0.39 is 0 Å². The zero-order chi connectivity index (χ0) is 11.5. The fourth-order valence-electron chi connectivity index (χ4n) is 2.14. The Morgan fingerprint density at radius 1 is 1.44 bits per heavy atom. The number of aromatic nitrogens is 1. The second kappa shape index (κ2) is 4.83. The Kier molecular flexibility index (Phi) is 3.44. The van der Waals surface area contributed by atoms with E-state index in [1.165, 1.54) is 12.0 Å². The lowest BCUT2D eigenvalue weighted by molar-refractivity contribution is 0.503. The second-order valence-electron chi connectivity index (χ2n) is 4.95. The van der Waals surface area contributed by atoms with E-state index in [4.69, 9.17) is 5.73 Å². The predicted molar refractivity (Wildman–Crippen MR) is 67.7 cm³/mol. The summed E-state index contributed by atoms with van der Waals surface area (Å²) >= 11 is 0. The number of hydrogen-bond acceptors (Lipinski definition) is 3. The zero-order valence-electron chi connectivity index (χ0n) is 10.2. The van der Waals surface area contributed by atoms with E-state index in [9.17, 15) is 0 Å². The third kappa shape index (κ3) is 2.53. The van der Waals surface area contributed by atoms with Crippen LogP contribution in [0.4, 0.5) is 5.82 Å². The van der Waals surface area contributed by atoms with Crippen LogP contribution >= 0.6 is 0 Å². The zero-order valence-corrected chi connectivity index (χ0v) is 10.2. The van der Waals surface area contributed by atoms with Crippen LogP contribution in [0.25, 0.3) is 0 Å². The average molecular weight is 219 g/mol. The molecule has 1 aromatic rings. The highest BCUT2D eigenvalue weighted by Gasteiger charge is 2.17. The first-order valence-electron chi connectivity index (χ1n) is 6.13. The van der Waals surface area contributed by atoms with Crippen molar-refractivity contribution in [3.63, 3.8) is 0 Å². The molecule has 1 aromatic heterocycles. The van der Waals surface area contributed by atoms with Gasteiger partial charge in [0.2, 0.25) is 0 Å². The topological polar surface area (TPSA) is 42.1 Å². The van der Waals surface area contributed by atoms with Crippen LogP contribution in [0.1, 0.15) is 38.2 Å². The highest BCUT2D eigenvalue weighted by Crippen LogP contribution is 2.19. The van der Waals surface area contributed by atoms with Gasteiger partial charge in [0.15, 0.2) is 0 Å². The molecule has 1 unspecified atom stereocenters. The average Bonchev–Trinajstić information content (AvgIpc) is 2.29. The Balaban J connectivity index is 2.09. The Morgan fingerprint density at radius 2 is 2.25 bits per heavy atom. The van der Waals surface area contributed by atoms with Gasteiger partial charge in [-0.3, -0.25) is 0 Å². The standard InChI is InChI=1S/C13H21N3/c1-10(2)11-5-6-13(15-8-11)16-7-3-4-12(14)9-16/h5-6,8,10,12H,3-4,7,9,14H2,1-2H3. The maximum atomic E-state index is 5.97. The number of hydrogen-bond donors (Lipinski definition) is 1. The highest BCUT2D eigenvalue weighted by atomic mass is 15.2. The Labute approximate surface area is 97.7 Å². The van der Waals surface area contributed by atoms with Crippen molar-refractivity contribution in [1.29, 1.82) is 0 Å². The molecule has 1 atom stereocenters. The quantitative estimate of drug-likeness (QED) is 0.828. The molecule has 2 rings (SSSR count). The van der Waals surface area contributed by atoms with Crippen molar-refractivity contribution in [3.05, 3.63) is 23.9 Å². The summed E-state index contributed by atoms with van der Waals surface area (Å²) in [7, 11) is 0. The molecule has 88 valence electrons. The van der Waals surface area contributed by atoms with Crippen LogP contribution in [-0.2, 0) is 0 Å². The lowest BCUT2D eigenvalue weighted by Crippen LogP contribution is -2.43. The Bertz CT molecular complexity index is 332. The minimum Gasteiger partial charge on any atom is -0.355 e. The molecule has 0 aromatic carbocycles. The van der Waals surface area contributed by atoms with Gasteiger partial charge in [0.1, 0.15) is 5.82 Å². The molecule has 2 N–H and O–H groups in total. The van der Waals surface area contributed by atoms with Crippen LogP contribution in [0.15, 0.2) is 18.3 Å². The highest BCUT2D eigenvalue weighted by molar-refractivity contribution is 5.40. The lowest BCUT2D eigenvalue weighted by atomic mass is 10.1. The summed E-state index contributed by atoms with van der Waals surface area (Å²) in [6, 6.07) is 4.60. The van der Waals surface area contributed by atoms with Crippen LogP contribution in [0.2, 0.25) is 0 Å². The van der Waals surface area contributed by atoms with E-state index in [0.29, 0.717) is 12.0 Å². The van der Waals surface area contributed by atoms with Gasteiger partial charge in [-0.05, 0) is 30.4 Å². The van der Waals surface area contributed by atoms with Gasteiger partial charge in [-0.15, -0.1) is 0 Å². The minimum absolute atomic E-state index is 0.306. The normalized spacial score (nSPS) is 21.5. The largest absolute Gasteiger partial charge is 0.355 e. The summed E-state index contributed by atoms with van der Waals surface area (Å²) in [4.78, 5) is 6.82. The third-order valence-corrected chi connectivity index (χ3v) is 3.22. The molecule has 0 saturated carbocycles. The Hall–Kier alpha value is -1.09. The lowest BCUT2D eigenvalue weighted by Gasteiger charge is -2.31. The van der Waals surface area contributed by atoms with Gasteiger partial charge < -0.3 is 10.6 Å². The van der Waals surface area contributed by atoms with Crippen LogP contribution in [0, 0.1) is 0 Å². The van der Waals surface area contributed by atoms with E-state index in [0.717, 1.165) is 25.3 Å². The molecular formula is C13H21N3. The summed E-state index contributed by atoms with van der Waals surface area (Å²) in [5.74, 6) is 1.62. The summed E-state index contributed by atoms with van der Waals surface area (Å²) in [6.07, 6.45) is 4.30. The van der Waals surface area contributed by atoms with Crippen molar-refractivity contribution in [2.75, 3.05) is 18.0 Å². The number of anilines is 1. The number of rotatable bonds is 2. The van der Waals surface area contributed by atoms with Crippen molar-refractivity contribution in [1.82, 2.24) is 4.98 Å². The van der Waals surface area contributed by atoms with Gasteiger partial charge in [0.25, 0.3) is 0 Å². The Morgan fingerprint density at radius 3 is 2.81 bits per heavy atom. The third-order valence-electron chi connectivity index (χ3n) is 3.22. The van der Waals surface area contributed by atoms with Gasteiger partial charge in [0, 0.05) is 25.3 Å². The van der Waals surface area contributed by atoms with Crippen LogP contribution in [0.3, 0.4) is 0 Å². The van der Waals surface area contributed by atoms with Crippen LogP contribution < -0.4 is 10.6 Å². The van der Waals surface area contributed by atoms with E-state index in [-0.39, 0.29) is 0 Å². The van der Waals surface area contributed by atoms with Crippen molar-refractivity contribution >= 4 is 5.82 Å². The molecule has 1 aliphatic rings. The summed E-state index contributed by atoms with van der Waals surface area (Å²) in [6.45, 7) is 6.40. The molecule has 0 amide bonds. The summed E-state index contributed by atoms with van der Waals surface area (Å²) < 4.78 is 0. The maximum absolute atomic E-state index is 5.97. The molecule has 1 fully saturated rings. The van der Waals surface area contributed by atoms with E-state index in [2.05, 4.69) is 35.9 Å². The predicted octanol–water partition coefficient (Wildman–Crippen LogP) is 2.13. The second-order valence-corrected chi connectivity index (χ2v) is 4.95. The number of nitrogens with two attached hydrogens (primary N) is 1. The molecule has 0 radical (unpaired) electrons. The van der Waals surface area contributed by atoms with Crippen molar-refractivity contribution in [2.24, 2.45) is 5.73 Å². The van der Waals surface area contributed by atoms with Crippen LogP contribution in [-0.4, -0.2) is 24.1 Å². The van der Waals surface area contributed by atoms with Crippen molar-refractivity contribution in [2.45, 2.75) is 38.6 Å². The van der Waals surface area contributed by atoms with Crippen molar-refractivity contribution < 1.29 is 0 Å². The molecule has 16 heavy (non-hydrogen) atoms. The van der Waals surface area contributed by atoms with Gasteiger partial charge in [-0.25, -0.2) is 4.98 Å². The van der Waals surface area contributed by atoms with Gasteiger partial charge in [0.05, 0.1) is 0 Å². The molecule has 3 heteroatoms. The van der Waals surface area contributed by atoms with Crippen LogP contribution in [0.5, 0.6) is 0 Å². The maximum Gasteiger partial charge on any atom is 0.128 e. The van der Waals surface area contributed by atoms with Gasteiger partial charge in [-0.1, -0.05) is 19.9 Å². The monoisotopic (exact) mass is 219 g/mol. The summed E-state index contributed by atoms with van der Waals surface area (Å²) in [5, 5.41) is 0. The minimum atomic E-state index is 0.306. The van der Waals surface area contributed by atoms with Crippen molar-refractivity contribution in [3.8, 4) is 0 Å². The molecule has 2 heterocycles. The molecular weight excluding hydrogens is 198 g/mol. The number of piperidine rings is 1. The molecule has 0 aliphatic carbocycles. The molecule has 0 spiro atoms. The SMILES string of the molecule is CC(C)c1ccc(N2CCCC(N)C2)nc1.